The largest absolute Gasteiger partial charge is 1.00 e. The van der Waals surface area contributed by atoms with Crippen molar-refractivity contribution in [1.29, 1.82) is 0 Å². The first kappa shape index (κ1) is 30.1. The van der Waals surface area contributed by atoms with E-state index in [9.17, 15) is 42.8 Å². The first-order valence-electron chi connectivity index (χ1n) is 2.79. The van der Waals surface area contributed by atoms with Gasteiger partial charge in [-0.3, -0.25) is 0 Å². The van der Waals surface area contributed by atoms with E-state index < -0.39 is 39.1 Å². The van der Waals surface area contributed by atoms with Gasteiger partial charge in [-0.1, -0.05) is 0 Å². The van der Waals surface area contributed by atoms with Crippen LogP contribution in [0.3, 0.4) is 0 Å². The minimum atomic E-state index is -5.00. The predicted octanol–water partition coefficient (Wildman–Crippen LogP) is -8.95. The molecule has 0 unspecified atom stereocenters. The second-order valence-corrected chi connectivity index (χ2v) is 9.29. The monoisotopic (exact) mass is 434 g/mol. The molecule has 0 rings (SSSR count). The van der Waals surface area contributed by atoms with Crippen molar-refractivity contribution in [2.75, 3.05) is 0 Å². The van der Waals surface area contributed by atoms with Gasteiger partial charge in [-0.05, 0) is 0 Å². The maximum absolute atomic E-state index is 9.72. The van der Waals surface area contributed by atoms with Crippen LogP contribution in [-0.2, 0) is 39.1 Å². The van der Waals surface area contributed by atoms with Crippen molar-refractivity contribution < 1.29 is 102 Å². The van der Waals surface area contributed by atoms with E-state index in [1.807, 2.05) is 0 Å². The Hall–Kier alpha value is 2.22. The van der Waals surface area contributed by atoms with Gasteiger partial charge in [0, 0.05) is 21.4 Å². The summed E-state index contributed by atoms with van der Waals surface area (Å²) in [6, 6.07) is 0. The third-order valence-electron chi connectivity index (χ3n) is 0.403. The van der Waals surface area contributed by atoms with Crippen LogP contribution < -0.4 is 67.4 Å². The molecular formula is H2Cl2N2Na2O10S4. The summed E-state index contributed by atoms with van der Waals surface area (Å²) in [6.45, 7) is 0. The van der Waals surface area contributed by atoms with Gasteiger partial charge in [0.05, 0.1) is 0 Å². The molecule has 0 aromatic heterocycles. The van der Waals surface area contributed by atoms with Crippen molar-refractivity contribution in [3.8, 4) is 0 Å². The first-order chi connectivity index (χ1) is 7.41. The number of hydrogen-bond acceptors (Lipinski definition) is 10. The molecule has 0 aromatic rings. The quantitative estimate of drug-likeness (QED) is 0.242. The van der Waals surface area contributed by atoms with Gasteiger partial charge in [0.1, 0.15) is 0 Å². The second-order valence-electron chi connectivity index (χ2n) is 1.95. The Labute approximate surface area is 168 Å². The summed E-state index contributed by atoms with van der Waals surface area (Å²) in [5.41, 5.74) is 0. The first-order valence-corrected chi connectivity index (χ1v) is 10.2. The molecule has 2 N–H and O–H groups in total. The molecule has 0 saturated carbocycles. The molecule has 0 atom stereocenters. The molecule has 20 heavy (non-hydrogen) atoms. The van der Waals surface area contributed by atoms with Crippen LogP contribution >= 0.6 is 21.4 Å². The maximum Gasteiger partial charge on any atom is 1.00 e. The molecule has 20 heteroatoms. The minimum absolute atomic E-state index is 0. The van der Waals surface area contributed by atoms with Crippen LogP contribution in [0.1, 0.15) is 0 Å². The molecule has 0 aliphatic carbocycles. The molecule has 0 bridgehead atoms. The van der Waals surface area contributed by atoms with Gasteiger partial charge in [0.2, 0.25) is 0 Å². The normalized spacial score (nSPS) is 12.2. The van der Waals surface area contributed by atoms with Crippen LogP contribution in [0.25, 0.3) is 0 Å². The summed E-state index contributed by atoms with van der Waals surface area (Å²) in [7, 11) is -10.3. The minimum Gasteiger partial charge on any atom is -0.735 e. The number of hydrogen-bond donors (Lipinski definition) is 2. The Morgan fingerprint density at radius 1 is 0.600 bits per heavy atom. The van der Waals surface area contributed by atoms with Crippen LogP contribution in [0, 0.1) is 0 Å². The van der Waals surface area contributed by atoms with Gasteiger partial charge >= 0.3 is 77.6 Å². The van der Waals surface area contributed by atoms with Gasteiger partial charge in [-0.25, -0.2) is 16.8 Å². The van der Waals surface area contributed by atoms with E-state index in [0.29, 0.717) is 8.25 Å². The van der Waals surface area contributed by atoms with Gasteiger partial charge in [0.15, 0.2) is 20.6 Å². The summed E-state index contributed by atoms with van der Waals surface area (Å²) < 4.78 is 97.2. The van der Waals surface area contributed by atoms with Crippen LogP contribution in [0.4, 0.5) is 0 Å². The zero-order chi connectivity index (χ0) is 15.4. The Morgan fingerprint density at radius 3 is 0.750 bits per heavy atom. The van der Waals surface area contributed by atoms with E-state index in [1.165, 1.54) is 0 Å². The smallest absolute Gasteiger partial charge is 0.735 e. The maximum atomic E-state index is 9.72. The van der Waals surface area contributed by atoms with E-state index in [4.69, 9.17) is 0 Å². The van der Waals surface area contributed by atoms with Crippen molar-refractivity contribution in [2.24, 2.45) is 0 Å². The fourth-order valence-electron chi connectivity index (χ4n) is 0.244. The van der Waals surface area contributed by atoms with Gasteiger partial charge < -0.3 is 9.11 Å². The van der Waals surface area contributed by atoms with E-state index in [0.717, 1.165) is 0 Å². The van der Waals surface area contributed by atoms with Gasteiger partial charge in [-0.2, -0.15) is 16.8 Å². The van der Waals surface area contributed by atoms with Crippen molar-refractivity contribution in [1.82, 2.24) is 8.25 Å². The standard InChI is InChI=1S/2ClH2NO5S2.2Na/c2*1-8(3,4)2-9(5,6)7;;/h2*2H,(H,5,6,7);;/q;;2*+1/p-2. The number of halogens is 2. The van der Waals surface area contributed by atoms with E-state index in [2.05, 4.69) is 21.4 Å². The molecule has 112 valence electrons. The van der Waals surface area contributed by atoms with Crippen molar-refractivity contribution in [3.05, 3.63) is 0 Å². The fourth-order valence-corrected chi connectivity index (χ4v) is 3.58. The molecule has 0 radical (unpaired) electrons. The van der Waals surface area contributed by atoms with E-state index in [-0.39, 0.29) is 59.1 Å². The zero-order valence-electron chi connectivity index (χ0n) is 9.47. The second kappa shape index (κ2) is 10.9. The summed E-state index contributed by atoms with van der Waals surface area (Å²) >= 11 is 0. The molecule has 0 aliphatic rings. The molecule has 12 nitrogen and oxygen atoms in total. The Kier molecular flexibility index (Phi) is 16.4. The fraction of sp³-hybridized carbons (Fsp3) is 0. The average Bonchev–Trinajstić information content (AvgIpc) is 1.64. The van der Waals surface area contributed by atoms with Crippen molar-refractivity contribution in [3.63, 3.8) is 0 Å². The predicted molar refractivity (Wildman–Crippen MR) is 55.2 cm³/mol. The van der Waals surface area contributed by atoms with Crippen LogP contribution in [0.5, 0.6) is 0 Å². The molecule has 0 amide bonds. The molecule has 0 spiro atoms. The SMILES string of the molecule is O=S(=O)([O-])NS(=O)(=O)Cl.O=S(=O)([O-])NS(=O)(=O)Cl.[Na+].[Na+]. The van der Waals surface area contributed by atoms with Crippen LogP contribution in [0.15, 0.2) is 0 Å². The van der Waals surface area contributed by atoms with Gasteiger partial charge in [0.25, 0.3) is 0 Å². The third kappa shape index (κ3) is 36.9. The Morgan fingerprint density at radius 2 is 0.750 bits per heavy atom. The topological polar surface area (TPSA) is 207 Å². The summed E-state index contributed by atoms with van der Waals surface area (Å²) in [5.74, 6) is 0. The Bertz CT molecular complexity index is 552. The van der Waals surface area contributed by atoms with E-state index >= 15 is 0 Å². The molecule has 0 saturated heterocycles. The zero-order valence-corrected chi connectivity index (χ0v) is 18.2. The number of rotatable bonds is 4. The van der Waals surface area contributed by atoms with Gasteiger partial charge in [-0.15, -0.1) is 8.25 Å². The van der Waals surface area contributed by atoms with Crippen molar-refractivity contribution in [2.45, 2.75) is 0 Å². The molecule has 0 heterocycles. The molecule has 0 aliphatic heterocycles. The summed E-state index contributed by atoms with van der Waals surface area (Å²) in [4.78, 5) is 0. The van der Waals surface area contributed by atoms with Crippen LogP contribution in [-0.4, -0.2) is 42.8 Å². The van der Waals surface area contributed by atoms with E-state index in [1.54, 1.807) is 0 Å². The molecular weight excluding hydrogens is 433 g/mol. The number of nitrogens with one attached hydrogen (secondary N) is 2. The average molecular weight is 435 g/mol. The summed E-state index contributed by atoms with van der Waals surface area (Å²) in [5, 5.41) is 0. The summed E-state index contributed by atoms with van der Waals surface area (Å²) in [6.07, 6.45) is 0. The van der Waals surface area contributed by atoms with Crippen molar-refractivity contribution >= 4 is 60.4 Å². The third-order valence-corrected chi connectivity index (χ3v) is 4.76. The molecule has 0 fully saturated rings. The molecule has 0 aromatic carbocycles. The van der Waals surface area contributed by atoms with Crippen LogP contribution in [0.2, 0.25) is 0 Å². The Balaban J connectivity index is -0.000000116.